The SMILES string of the molecule is Cc1cn(C2CCC(CNC(=O)OC(C)(C)C)C2)c2nc(Cl)nc(Cl)c12. The smallest absolute Gasteiger partial charge is 0.407 e. The van der Waals surface area contributed by atoms with Crippen molar-refractivity contribution in [1.82, 2.24) is 19.9 Å². The molecule has 2 unspecified atom stereocenters. The number of halogens is 2. The van der Waals surface area contributed by atoms with E-state index in [1.165, 1.54) is 0 Å². The Balaban J connectivity index is 1.68. The number of aromatic nitrogens is 3. The monoisotopic (exact) mass is 398 g/mol. The Morgan fingerprint density at radius 2 is 2.08 bits per heavy atom. The second-order valence-electron chi connectivity index (χ2n) is 7.92. The molecule has 1 fully saturated rings. The zero-order valence-electron chi connectivity index (χ0n) is 15.5. The molecule has 0 bridgehead atoms. The molecule has 1 amide bonds. The van der Waals surface area contributed by atoms with E-state index in [1.807, 2.05) is 27.7 Å². The van der Waals surface area contributed by atoms with Crippen LogP contribution in [-0.4, -0.2) is 32.8 Å². The molecular weight excluding hydrogens is 375 g/mol. The van der Waals surface area contributed by atoms with Gasteiger partial charge >= 0.3 is 6.09 Å². The van der Waals surface area contributed by atoms with Gasteiger partial charge in [-0.1, -0.05) is 11.6 Å². The lowest BCUT2D eigenvalue weighted by Crippen LogP contribution is -2.34. The molecular formula is C18H24Cl2N4O2. The Kier molecular flexibility index (Phi) is 5.35. The second-order valence-corrected chi connectivity index (χ2v) is 8.61. The maximum absolute atomic E-state index is 11.8. The number of alkyl carbamates (subject to hydrolysis) is 1. The number of ether oxygens (including phenoxy) is 1. The largest absolute Gasteiger partial charge is 0.444 e. The average molecular weight is 399 g/mol. The normalized spacial score (nSPS) is 20.5. The maximum Gasteiger partial charge on any atom is 0.407 e. The molecule has 1 aliphatic rings. The van der Waals surface area contributed by atoms with Crippen molar-refractivity contribution in [2.75, 3.05) is 6.54 Å². The van der Waals surface area contributed by atoms with E-state index in [4.69, 9.17) is 27.9 Å². The minimum absolute atomic E-state index is 0.156. The van der Waals surface area contributed by atoms with Gasteiger partial charge < -0.3 is 14.6 Å². The lowest BCUT2D eigenvalue weighted by atomic mass is 10.1. The van der Waals surface area contributed by atoms with Gasteiger partial charge in [-0.25, -0.2) is 9.78 Å². The standard InChI is InChI=1S/C18H24Cl2N4O2/c1-10-9-24(15-13(10)14(19)22-16(20)23-15)12-6-5-11(7-12)8-21-17(25)26-18(2,3)4/h9,11-12H,5-8H2,1-4H3,(H,21,25). The molecule has 26 heavy (non-hydrogen) atoms. The topological polar surface area (TPSA) is 69.0 Å². The molecule has 0 spiro atoms. The fourth-order valence-corrected chi connectivity index (χ4v) is 4.09. The first kappa shape index (κ1) is 19.2. The Morgan fingerprint density at radius 3 is 2.77 bits per heavy atom. The van der Waals surface area contributed by atoms with Gasteiger partial charge in [0.1, 0.15) is 16.4 Å². The summed E-state index contributed by atoms with van der Waals surface area (Å²) in [5, 5.41) is 4.27. The van der Waals surface area contributed by atoms with Crippen LogP contribution in [0.4, 0.5) is 4.79 Å². The van der Waals surface area contributed by atoms with Crippen molar-refractivity contribution in [3.63, 3.8) is 0 Å². The summed E-state index contributed by atoms with van der Waals surface area (Å²) in [4.78, 5) is 20.3. The highest BCUT2D eigenvalue weighted by Gasteiger charge is 2.29. The van der Waals surface area contributed by atoms with Crippen LogP contribution in [0.3, 0.4) is 0 Å². The summed E-state index contributed by atoms with van der Waals surface area (Å²) in [5.74, 6) is 0.401. The van der Waals surface area contributed by atoms with Gasteiger partial charge in [0.25, 0.3) is 0 Å². The summed E-state index contributed by atoms with van der Waals surface area (Å²) in [6.07, 6.45) is 4.71. The Hall–Kier alpha value is -1.53. The molecule has 2 heterocycles. The second kappa shape index (κ2) is 7.24. The molecule has 1 N–H and O–H groups in total. The highest BCUT2D eigenvalue weighted by molar-refractivity contribution is 6.35. The average Bonchev–Trinajstić information content (AvgIpc) is 3.08. The molecule has 2 atom stereocenters. The van der Waals surface area contributed by atoms with Crippen molar-refractivity contribution < 1.29 is 9.53 Å². The van der Waals surface area contributed by atoms with Gasteiger partial charge in [-0.15, -0.1) is 0 Å². The van der Waals surface area contributed by atoms with E-state index in [1.54, 1.807) is 0 Å². The van der Waals surface area contributed by atoms with Gasteiger partial charge in [0.2, 0.25) is 5.28 Å². The molecule has 6 nitrogen and oxygen atoms in total. The zero-order valence-corrected chi connectivity index (χ0v) is 17.0. The predicted octanol–water partition coefficient (Wildman–Crippen LogP) is 4.91. The van der Waals surface area contributed by atoms with Gasteiger partial charge in [-0.2, -0.15) is 4.98 Å². The van der Waals surface area contributed by atoms with Crippen LogP contribution in [0.15, 0.2) is 6.20 Å². The molecule has 1 saturated carbocycles. The molecule has 0 aliphatic heterocycles. The van der Waals surface area contributed by atoms with Crippen molar-refractivity contribution >= 4 is 40.3 Å². The number of fused-ring (bicyclic) bond motifs is 1. The summed E-state index contributed by atoms with van der Waals surface area (Å²) in [5.41, 5.74) is 1.33. The first-order valence-corrected chi connectivity index (χ1v) is 9.56. The van der Waals surface area contributed by atoms with Crippen molar-refractivity contribution in [3.05, 3.63) is 22.2 Å². The highest BCUT2D eigenvalue weighted by atomic mass is 35.5. The molecule has 1 aliphatic carbocycles. The van der Waals surface area contributed by atoms with E-state index in [2.05, 4.69) is 26.0 Å². The summed E-state index contributed by atoms with van der Waals surface area (Å²) in [7, 11) is 0. The number of nitrogens with zero attached hydrogens (tertiary/aromatic N) is 3. The van der Waals surface area contributed by atoms with Crippen molar-refractivity contribution in [2.45, 2.75) is 58.6 Å². The van der Waals surface area contributed by atoms with Crippen LogP contribution >= 0.6 is 23.2 Å². The molecule has 3 rings (SSSR count). The van der Waals surface area contributed by atoms with Crippen LogP contribution in [0, 0.1) is 12.8 Å². The number of hydrogen-bond acceptors (Lipinski definition) is 4. The summed E-state index contributed by atoms with van der Waals surface area (Å²) in [6.45, 7) is 8.18. The number of hydrogen-bond donors (Lipinski definition) is 1. The first-order chi connectivity index (χ1) is 12.1. The minimum atomic E-state index is -0.484. The number of aryl methyl sites for hydroxylation is 1. The van der Waals surface area contributed by atoms with Gasteiger partial charge in [-0.3, -0.25) is 0 Å². The van der Waals surface area contributed by atoms with Gasteiger partial charge in [0.15, 0.2) is 0 Å². The van der Waals surface area contributed by atoms with Crippen LogP contribution in [0.5, 0.6) is 0 Å². The highest BCUT2D eigenvalue weighted by Crippen LogP contribution is 2.38. The van der Waals surface area contributed by atoms with Gasteiger partial charge in [-0.05, 0) is 70.0 Å². The van der Waals surface area contributed by atoms with E-state index < -0.39 is 5.60 Å². The van der Waals surface area contributed by atoms with Crippen molar-refractivity contribution in [1.29, 1.82) is 0 Å². The Morgan fingerprint density at radius 1 is 1.35 bits per heavy atom. The third kappa shape index (κ3) is 4.23. The summed E-state index contributed by atoms with van der Waals surface area (Å²) in [6, 6.07) is 0.304. The molecule has 0 aromatic carbocycles. The van der Waals surface area contributed by atoms with Crippen LogP contribution in [-0.2, 0) is 4.74 Å². The third-order valence-electron chi connectivity index (χ3n) is 4.63. The minimum Gasteiger partial charge on any atom is -0.444 e. The van der Waals surface area contributed by atoms with E-state index in [9.17, 15) is 4.79 Å². The number of carbonyl (C=O) groups excluding carboxylic acids is 1. The van der Waals surface area contributed by atoms with Crippen LogP contribution in [0.1, 0.15) is 51.6 Å². The van der Waals surface area contributed by atoms with Crippen LogP contribution in [0.2, 0.25) is 10.4 Å². The molecule has 2 aromatic heterocycles. The van der Waals surface area contributed by atoms with Gasteiger partial charge in [0.05, 0.1) is 5.39 Å². The van der Waals surface area contributed by atoms with Crippen LogP contribution < -0.4 is 5.32 Å². The van der Waals surface area contributed by atoms with E-state index in [-0.39, 0.29) is 11.4 Å². The Bertz CT molecular complexity index is 829. The predicted molar refractivity (Wildman–Crippen MR) is 103 cm³/mol. The first-order valence-electron chi connectivity index (χ1n) is 8.81. The molecule has 2 aromatic rings. The molecule has 0 radical (unpaired) electrons. The summed E-state index contributed by atoms with van der Waals surface area (Å²) >= 11 is 12.2. The fraction of sp³-hybridized carbons (Fsp3) is 0.611. The maximum atomic E-state index is 11.8. The van der Waals surface area contributed by atoms with Crippen molar-refractivity contribution in [2.24, 2.45) is 5.92 Å². The summed E-state index contributed by atoms with van der Waals surface area (Å²) < 4.78 is 7.45. The quantitative estimate of drug-likeness (QED) is 0.588. The number of rotatable bonds is 3. The number of nitrogens with one attached hydrogen (secondary N) is 1. The van der Waals surface area contributed by atoms with E-state index >= 15 is 0 Å². The fourth-order valence-electron chi connectivity index (χ4n) is 3.56. The molecule has 8 heteroatoms. The zero-order chi connectivity index (χ0) is 19.1. The van der Waals surface area contributed by atoms with E-state index in [0.29, 0.717) is 23.7 Å². The Labute approximate surface area is 163 Å². The molecule has 0 saturated heterocycles. The van der Waals surface area contributed by atoms with Crippen LogP contribution in [0.25, 0.3) is 11.0 Å². The van der Waals surface area contributed by atoms with Gasteiger partial charge in [0, 0.05) is 18.8 Å². The van der Waals surface area contributed by atoms with Crippen molar-refractivity contribution in [3.8, 4) is 0 Å². The lowest BCUT2D eigenvalue weighted by Gasteiger charge is -2.20. The third-order valence-corrected chi connectivity index (χ3v) is 5.07. The lowest BCUT2D eigenvalue weighted by molar-refractivity contribution is 0.0519. The number of carbonyl (C=O) groups is 1. The van der Waals surface area contributed by atoms with E-state index in [0.717, 1.165) is 35.9 Å². The molecule has 142 valence electrons. The number of amides is 1.